The van der Waals surface area contributed by atoms with Crippen molar-refractivity contribution in [1.29, 1.82) is 0 Å². The average molecular weight is 268 g/mol. The van der Waals surface area contributed by atoms with Crippen molar-refractivity contribution in [2.75, 3.05) is 14.1 Å². The molecule has 4 heteroatoms. The Morgan fingerprint density at radius 1 is 1.33 bits per heavy atom. The number of aliphatic hydroxyl groups excluding tert-OH is 1. The lowest BCUT2D eigenvalue weighted by atomic mass is 9.81. The molecule has 0 aromatic carbocycles. The van der Waals surface area contributed by atoms with E-state index in [-0.39, 0.29) is 11.6 Å². The molecule has 1 aliphatic rings. The third kappa shape index (κ3) is 2.92. The minimum atomic E-state index is -0.286. The molecule has 0 amide bonds. The molecule has 0 spiro atoms. The summed E-state index contributed by atoms with van der Waals surface area (Å²) in [6.45, 7) is 0. The molecule has 0 radical (unpaired) electrons. The van der Waals surface area contributed by atoms with Crippen molar-refractivity contribution < 1.29 is 5.11 Å². The lowest BCUT2D eigenvalue weighted by molar-refractivity contribution is -0.0170. The molecular formula is C14H24N2OS. The maximum atomic E-state index is 10.7. The number of rotatable bonds is 4. The van der Waals surface area contributed by atoms with Crippen LogP contribution in [-0.2, 0) is 6.42 Å². The monoisotopic (exact) mass is 268 g/mol. The van der Waals surface area contributed by atoms with Gasteiger partial charge in [0.2, 0.25) is 0 Å². The minimum absolute atomic E-state index is 0.0412. The van der Waals surface area contributed by atoms with Crippen LogP contribution < -0.4 is 0 Å². The van der Waals surface area contributed by atoms with E-state index in [2.05, 4.69) is 24.0 Å². The van der Waals surface area contributed by atoms with Crippen molar-refractivity contribution >= 4 is 11.3 Å². The van der Waals surface area contributed by atoms with Crippen LogP contribution in [0.2, 0.25) is 0 Å². The summed E-state index contributed by atoms with van der Waals surface area (Å²) < 4.78 is 0. The normalized spacial score (nSPS) is 21.8. The summed E-state index contributed by atoms with van der Waals surface area (Å²) in [5.74, 6) is 0. The summed E-state index contributed by atoms with van der Waals surface area (Å²) in [4.78, 5) is 7.54. The largest absolute Gasteiger partial charge is 0.391 e. The van der Waals surface area contributed by atoms with E-state index in [0.717, 1.165) is 19.3 Å². The average Bonchev–Trinajstić information content (AvgIpc) is 2.70. The molecule has 0 aliphatic heterocycles. The number of likely N-dealkylation sites (N-methyl/N-ethyl adjacent to an activating group) is 1. The van der Waals surface area contributed by atoms with Gasteiger partial charge in [-0.15, -0.1) is 11.3 Å². The van der Waals surface area contributed by atoms with Gasteiger partial charge in [0.1, 0.15) is 0 Å². The highest BCUT2D eigenvalue weighted by molar-refractivity contribution is 7.09. The first kappa shape index (κ1) is 14.0. The van der Waals surface area contributed by atoms with Gasteiger partial charge in [0.15, 0.2) is 0 Å². The standard InChI is InChI=1S/C14H24N2OS/c1-16(2)14(7-5-3-4-6-8-14)13(17)9-12-10-15-11-18-12/h10-11,13,17H,3-9H2,1-2H3. The third-order valence-corrected chi connectivity index (χ3v) is 5.16. The summed E-state index contributed by atoms with van der Waals surface area (Å²) in [5, 5.41) is 10.7. The van der Waals surface area contributed by atoms with Crippen molar-refractivity contribution in [3.63, 3.8) is 0 Å². The number of thiazole rings is 1. The van der Waals surface area contributed by atoms with Gasteiger partial charge in [-0.05, 0) is 26.9 Å². The first-order valence-electron chi connectivity index (χ1n) is 6.88. The highest BCUT2D eigenvalue weighted by Crippen LogP contribution is 2.35. The van der Waals surface area contributed by atoms with Crippen molar-refractivity contribution in [2.24, 2.45) is 0 Å². The quantitative estimate of drug-likeness (QED) is 0.853. The van der Waals surface area contributed by atoms with Crippen molar-refractivity contribution in [1.82, 2.24) is 9.88 Å². The van der Waals surface area contributed by atoms with Crippen LogP contribution in [0, 0.1) is 0 Å². The van der Waals surface area contributed by atoms with Gasteiger partial charge < -0.3 is 10.0 Å². The van der Waals surface area contributed by atoms with Crippen LogP contribution in [0.5, 0.6) is 0 Å². The summed E-state index contributed by atoms with van der Waals surface area (Å²) >= 11 is 1.64. The zero-order valence-electron chi connectivity index (χ0n) is 11.4. The predicted octanol–water partition coefficient (Wildman–Crippen LogP) is 2.70. The van der Waals surface area contributed by atoms with Crippen LogP contribution in [-0.4, -0.2) is 40.7 Å². The molecule has 1 atom stereocenters. The Hall–Kier alpha value is -0.450. The molecule has 102 valence electrons. The van der Waals surface area contributed by atoms with E-state index in [9.17, 15) is 5.11 Å². The molecule has 0 bridgehead atoms. The van der Waals surface area contributed by atoms with Gasteiger partial charge >= 0.3 is 0 Å². The predicted molar refractivity (Wildman–Crippen MR) is 75.9 cm³/mol. The maximum Gasteiger partial charge on any atom is 0.0794 e. The van der Waals surface area contributed by atoms with Gasteiger partial charge in [0, 0.05) is 23.0 Å². The first-order chi connectivity index (χ1) is 8.65. The highest BCUT2D eigenvalue weighted by atomic mass is 32.1. The number of hydrogen-bond donors (Lipinski definition) is 1. The van der Waals surface area contributed by atoms with Crippen LogP contribution in [0.4, 0.5) is 0 Å². The molecule has 1 unspecified atom stereocenters. The fourth-order valence-corrected chi connectivity index (χ4v) is 3.78. The molecule has 1 fully saturated rings. The van der Waals surface area contributed by atoms with Crippen molar-refractivity contribution in [3.05, 3.63) is 16.6 Å². The molecule has 3 nitrogen and oxygen atoms in total. The van der Waals surface area contributed by atoms with Crippen molar-refractivity contribution in [3.8, 4) is 0 Å². The van der Waals surface area contributed by atoms with E-state index in [0.29, 0.717) is 0 Å². The smallest absolute Gasteiger partial charge is 0.0794 e. The molecule has 18 heavy (non-hydrogen) atoms. The van der Waals surface area contributed by atoms with Gasteiger partial charge in [0.05, 0.1) is 11.6 Å². The Labute approximate surface area is 114 Å². The number of nitrogens with zero attached hydrogens (tertiary/aromatic N) is 2. The molecule has 1 aromatic heterocycles. The second-order valence-electron chi connectivity index (χ2n) is 5.60. The zero-order valence-corrected chi connectivity index (χ0v) is 12.2. The van der Waals surface area contributed by atoms with E-state index in [4.69, 9.17) is 0 Å². The van der Waals surface area contributed by atoms with Gasteiger partial charge in [-0.1, -0.05) is 25.7 Å². The van der Waals surface area contributed by atoms with Gasteiger partial charge in [-0.25, -0.2) is 0 Å². The van der Waals surface area contributed by atoms with Crippen LogP contribution in [0.1, 0.15) is 43.4 Å². The van der Waals surface area contributed by atoms with E-state index in [1.807, 2.05) is 11.7 Å². The Balaban J connectivity index is 2.12. The van der Waals surface area contributed by atoms with Gasteiger partial charge in [-0.3, -0.25) is 4.98 Å². The fraction of sp³-hybridized carbons (Fsp3) is 0.786. The molecule has 1 aromatic rings. The van der Waals surface area contributed by atoms with Crippen LogP contribution in [0.15, 0.2) is 11.7 Å². The lowest BCUT2D eigenvalue weighted by Crippen LogP contribution is -2.54. The number of hydrogen-bond acceptors (Lipinski definition) is 4. The third-order valence-electron chi connectivity index (χ3n) is 4.36. The molecule has 1 heterocycles. The summed E-state index contributed by atoms with van der Waals surface area (Å²) in [6, 6.07) is 0. The Morgan fingerprint density at radius 3 is 2.50 bits per heavy atom. The topological polar surface area (TPSA) is 36.4 Å². The second-order valence-corrected chi connectivity index (χ2v) is 6.57. The number of aliphatic hydroxyl groups is 1. The minimum Gasteiger partial charge on any atom is -0.391 e. The molecule has 2 rings (SSSR count). The van der Waals surface area contributed by atoms with E-state index in [1.54, 1.807) is 11.3 Å². The number of aromatic nitrogens is 1. The van der Waals surface area contributed by atoms with Gasteiger partial charge in [0.25, 0.3) is 0 Å². The second kappa shape index (κ2) is 6.13. The van der Waals surface area contributed by atoms with E-state index in [1.165, 1.54) is 30.6 Å². The molecule has 1 N–H and O–H groups in total. The highest BCUT2D eigenvalue weighted by Gasteiger charge is 2.40. The Morgan fingerprint density at radius 2 is 2.00 bits per heavy atom. The SMILES string of the molecule is CN(C)C1(C(O)Cc2cncs2)CCCCCC1. The molecule has 1 saturated carbocycles. The summed E-state index contributed by atoms with van der Waals surface area (Å²) in [7, 11) is 4.22. The van der Waals surface area contributed by atoms with Crippen LogP contribution in [0.3, 0.4) is 0 Å². The molecule has 1 aliphatic carbocycles. The Bertz CT molecular complexity index is 343. The van der Waals surface area contributed by atoms with E-state index >= 15 is 0 Å². The van der Waals surface area contributed by atoms with Crippen molar-refractivity contribution in [2.45, 2.75) is 56.6 Å². The summed E-state index contributed by atoms with van der Waals surface area (Å²) in [6.07, 6.45) is 9.64. The maximum absolute atomic E-state index is 10.7. The first-order valence-corrected chi connectivity index (χ1v) is 7.76. The Kier molecular flexibility index (Phi) is 4.76. The molecular weight excluding hydrogens is 244 g/mol. The van der Waals surface area contributed by atoms with Crippen LogP contribution in [0.25, 0.3) is 0 Å². The van der Waals surface area contributed by atoms with Crippen LogP contribution >= 0.6 is 11.3 Å². The van der Waals surface area contributed by atoms with E-state index < -0.39 is 0 Å². The summed E-state index contributed by atoms with van der Waals surface area (Å²) in [5.41, 5.74) is 1.80. The zero-order chi connectivity index (χ0) is 13.0. The fourth-order valence-electron chi connectivity index (χ4n) is 3.14. The lowest BCUT2D eigenvalue weighted by Gasteiger charge is -2.43. The molecule has 0 saturated heterocycles. The van der Waals surface area contributed by atoms with Gasteiger partial charge in [-0.2, -0.15) is 0 Å².